The van der Waals surface area contributed by atoms with Gasteiger partial charge in [-0.15, -0.1) is 10.2 Å². The maximum absolute atomic E-state index is 12.4. The Hall–Kier alpha value is -1.79. The molecule has 1 aromatic carbocycles. The summed E-state index contributed by atoms with van der Waals surface area (Å²) in [5.74, 6) is -0.117. The summed E-state index contributed by atoms with van der Waals surface area (Å²) < 4.78 is 23.7. The van der Waals surface area contributed by atoms with Gasteiger partial charge in [-0.25, -0.2) is 18.4 Å². The molecular weight excluding hydrogens is 465 g/mol. The Morgan fingerprint density at radius 3 is 2.68 bits per heavy atom. The first-order chi connectivity index (χ1) is 13.2. The molecule has 0 unspecified atom stereocenters. The Kier molecular flexibility index (Phi) is 6.50. The summed E-state index contributed by atoms with van der Waals surface area (Å²) in [6, 6.07) is 7.46. The molecular formula is C15H11Cl2N5O3S3. The average Bonchev–Trinajstić information content (AvgIpc) is 3.07. The van der Waals surface area contributed by atoms with E-state index in [1.165, 1.54) is 11.8 Å². The van der Waals surface area contributed by atoms with Crippen LogP contribution in [0.3, 0.4) is 0 Å². The van der Waals surface area contributed by atoms with E-state index in [4.69, 9.17) is 23.2 Å². The molecule has 0 saturated heterocycles. The topological polar surface area (TPSA) is 115 Å². The van der Waals surface area contributed by atoms with Crippen LogP contribution in [0.5, 0.6) is 0 Å². The predicted octanol–water partition coefficient (Wildman–Crippen LogP) is 3.58. The van der Waals surface area contributed by atoms with E-state index in [-0.39, 0.29) is 15.8 Å². The average molecular weight is 476 g/mol. The third kappa shape index (κ3) is 5.17. The van der Waals surface area contributed by atoms with Gasteiger partial charge >= 0.3 is 0 Å². The summed E-state index contributed by atoms with van der Waals surface area (Å²) in [6.07, 6.45) is 2.00. The van der Waals surface area contributed by atoms with E-state index in [1.807, 2.05) is 18.2 Å². The molecule has 0 spiro atoms. The zero-order valence-electron chi connectivity index (χ0n) is 14.1. The van der Waals surface area contributed by atoms with Gasteiger partial charge in [0.25, 0.3) is 5.91 Å². The maximum Gasteiger partial charge on any atom is 0.277 e. The normalized spacial score (nSPS) is 11.4. The first kappa shape index (κ1) is 20.9. The highest BCUT2D eigenvalue weighted by Gasteiger charge is 2.20. The Morgan fingerprint density at radius 1 is 1.21 bits per heavy atom. The molecule has 3 aromatic rings. The van der Waals surface area contributed by atoms with E-state index >= 15 is 0 Å². The van der Waals surface area contributed by atoms with Crippen molar-refractivity contribution < 1.29 is 13.2 Å². The number of thioether (sulfide) groups is 1. The number of aromatic nitrogens is 4. The first-order valence-electron chi connectivity index (χ1n) is 7.47. The second kappa shape index (κ2) is 8.70. The minimum atomic E-state index is -3.68. The third-order valence-electron chi connectivity index (χ3n) is 3.20. The van der Waals surface area contributed by atoms with Crippen LogP contribution in [0, 0.1) is 0 Å². The van der Waals surface area contributed by atoms with Crippen molar-refractivity contribution in [2.24, 2.45) is 0 Å². The molecule has 0 aliphatic carbocycles. The van der Waals surface area contributed by atoms with Gasteiger partial charge in [-0.2, -0.15) is 0 Å². The molecule has 1 N–H and O–H groups in total. The lowest BCUT2D eigenvalue weighted by molar-refractivity contribution is 0.102. The standard InChI is InChI=1S/C15H11Cl2N5O3S3/c1-28(24,25)14-18-6-10(17)11(19-14)12(23)20-13-21-22-15(27-13)26-7-8-4-2-3-5-9(8)16/h2-6H,7H2,1H3,(H,20,21,23). The van der Waals surface area contributed by atoms with Crippen molar-refractivity contribution in [1.29, 1.82) is 0 Å². The van der Waals surface area contributed by atoms with Crippen molar-refractivity contribution in [3.63, 3.8) is 0 Å². The molecule has 3 rings (SSSR count). The van der Waals surface area contributed by atoms with Crippen molar-refractivity contribution in [2.75, 3.05) is 11.6 Å². The Balaban J connectivity index is 1.70. The van der Waals surface area contributed by atoms with E-state index in [2.05, 4.69) is 25.5 Å². The molecule has 0 fully saturated rings. The van der Waals surface area contributed by atoms with Gasteiger partial charge in [-0.1, -0.05) is 64.5 Å². The minimum Gasteiger partial charge on any atom is -0.295 e. The number of nitrogens with one attached hydrogen (secondary N) is 1. The summed E-state index contributed by atoms with van der Waals surface area (Å²) in [4.78, 5) is 19.7. The number of hydrogen-bond donors (Lipinski definition) is 1. The molecule has 0 saturated carbocycles. The van der Waals surface area contributed by atoms with E-state index in [0.717, 1.165) is 29.4 Å². The van der Waals surface area contributed by atoms with E-state index < -0.39 is 20.9 Å². The molecule has 8 nitrogen and oxygen atoms in total. The molecule has 2 heterocycles. The number of rotatable bonds is 6. The highest BCUT2D eigenvalue weighted by Crippen LogP contribution is 2.30. The number of halogens is 2. The van der Waals surface area contributed by atoms with Gasteiger partial charge < -0.3 is 0 Å². The molecule has 13 heteroatoms. The van der Waals surface area contributed by atoms with Crippen LogP contribution < -0.4 is 5.32 Å². The number of sulfone groups is 1. The van der Waals surface area contributed by atoms with Crippen LogP contribution >= 0.6 is 46.3 Å². The van der Waals surface area contributed by atoms with Crippen LogP contribution in [0.1, 0.15) is 16.1 Å². The fourth-order valence-electron chi connectivity index (χ4n) is 1.92. The van der Waals surface area contributed by atoms with Crippen LogP contribution in [-0.2, 0) is 15.6 Å². The minimum absolute atomic E-state index is 0.0808. The SMILES string of the molecule is CS(=O)(=O)c1ncc(Cl)c(C(=O)Nc2nnc(SCc3ccccc3Cl)s2)n1. The highest BCUT2D eigenvalue weighted by atomic mass is 35.5. The Bertz CT molecular complexity index is 1140. The maximum atomic E-state index is 12.4. The predicted molar refractivity (Wildman–Crippen MR) is 109 cm³/mol. The summed E-state index contributed by atoms with van der Waals surface area (Å²) in [6.45, 7) is 0. The summed E-state index contributed by atoms with van der Waals surface area (Å²) in [5.41, 5.74) is 0.689. The van der Waals surface area contributed by atoms with E-state index in [1.54, 1.807) is 6.07 Å². The fraction of sp³-hybridized carbons (Fsp3) is 0.133. The second-order valence-electron chi connectivity index (χ2n) is 5.33. The van der Waals surface area contributed by atoms with Gasteiger partial charge in [0.15, 0.2) is 10.0 Å². The fourth-order valence-corrected chi connectivity index (χ4v) is 4.63. The van der Waals surface area contributed by atoms with Crippen LogP contribution in [0.2, 0.25) is 10.0 Å². The Labute approximate surface area is 178 Å². The molecule has 0 atom stereocenters. The Morgan fingerprint density at radius 2 is 1.96 bits per heavy atom. The van der Waals surface area contributed by atoms with E-state index in [0.29, 0.717) is 15.1 Å². The highest BCUT2D eigenvalue weighted by molar-refractivity contribution is 8.00. The quantitative estimate of drug-likeness (QED) is 0.326. The van der Waals surface area contributed by atoms with E-state index in [9.17, 15) is 13.2 Å². The lowest BCUT2D eigenvalue weighted by Gasteiger charge is -2.04. The largest absolute Gasteiger partial charge is 0.295 e. The number of carbonyl (C=O) groups excluding carboxylic acids is 1. The zero-order valence-corrected chi connectivity index (χ0v) is 18.0. The van der Waals surface area contributed by atoms with Gasteiger partial charge in [0.1, 0.15) is 0 Å². The number of benzene rings is 1. The van der Waals surface area contributed by atoms with Gasteiger partial charge in [-0.05, 0) is 11.6 Å². The molecule has 28 heavy (non-hydrogen) atoms. The molecule has 1 amide bonds. The van der Waals surface area contributed by atoms with Crippen molar-refractivity contribution in [1.82, 2.24) is 20.2 Å². The zero-order chi connectivity index (χ0) is 20.3. The first-order valence-corrected chi connectivity index (χ1v) is 11.9. The van der Waals surface area contributed by atoms with Gasteiger partial charge in [-0.3, -0.25) is 10.1 Å². The summed E-state index contributed by atoms with van der Waals surface area (Å²) in [5, 5.41) is 10.7. The number of hydrogen-bond acceptors (Lipinski definition) is 9. The molecule has 0 radical (unpaired) electrons. The van der Waals surface area contributed by atoms with Crippen molar-refractivity contribution >= 4 is 67.2 Å². The number of anilines is 1. The summed E-state index contributed by atoms with van der Waals surface area (Å²) >= 11 is 14.6. The molecule has 0 aliphatic rings. The second-order valence-corrected chi connectivity index (χ2v) is 10.3. The van der Waals surface area contributed by atoms with Crippen LogP contribution in [-0.4, -0.2) is 40.7 Å². The lowest BCUT2D eigenvalue weighted by atomic mass is 10.2. The third-order valence-corrected chi connectivity index (χ3v) is 6.73. The van der Waals surface area contributed by atoms with Crippen molar-refractivity contribution in [3.05, 3.63) is 51.8 Å². The molecule has 0 aliphatic heterocycles. The number of amides is 1. The monoisotopic (exact) mass is 475 g/mol. The van der Waals surface area contributed by atoms with Gasteiger partial charge in [0.05, 0.1) is 11.2 Å². The van der Waals surface area contributed by atoms with Crippen molar-refractivity contribution in [3.8, 4) is 0 Å². The molecule has 146 valence electrons. The van der Waals surface area contributed by atoms with Crippen LogP contribution in [0.4, 0.5) is 5.13 Å². The van der Waals surface area contributed by atoms with Crippen molar-refractivity contribution in [2.45, 2.75) is 15.2 Å². The van der Waals surface area contributed by atoms with Crippen LogP contribution in [0.25, 0.3) is 0 Å². The summed E-state index contributed by atoms with van der Waals surface area (Å²) in [7, 11) is -3.68. The molecule has 0 bridgehead atoms. The van der Waals surface area contributed by atoms with Gasteiger partial charge in [0, 0.05) is 17.0 Å². The number of nitrogens with zero attached hydrogens (tertiary/aromatic N) is 4. The smallest absolute Gasteiger partial charge is 0.277 e. The van der Waals surface area contributed by atoms with Gasteiger partial charge in [0.2, 0.25) is 20.1 Å². The van der Waals surface area contributed by atoms with Crippen LogP contribution in [0.15, 0.2) is 40.0 Å². The lowest BCUT2D eigenvalue weighted by Crippen LogP contribution is -2.17. The number of carbonyl (C=O) groups is 1. The molecule has 2 aromatic heterocycles.